The van der Waals surface area contributed by atoms with Crippen LogP contribution < -0.4 is 10.2 Å². The highest BCUT2D eigenvalue weighted by Gasteiger charge is 2.20. The molecule has 5 nitrogen and oxygen atoms in total. The normalized spacial score (nSPS) is 13.4. The van der Waals surface area contributed by atoms with Gasteiger partial charge < -0.3 is 14.7 Å². The van der Waals surface area contributed by atoms with Gasteiger partial charge >= 0.3 is 0 Å². The number of anilines is 1. The molecule has 5 heteroatoms. The zero-order chi connectivity index (χ0) is 18.6. The minimum absolute atomic E-state index is 0.0670. The van der Waals surface area contributed by atoms with E-state index in [1.165, 1.54) is 11.3 Å². The second-order valence-electron chi connectivity index (χ2n) is 7.08. The topological polar surface area (TPSA) is 58.4 Å². The van der Waals surface area contributed by atoms with E-state index in [1.807, 2.05) is 41.8 Å². The van der Waals surface area contributed by atoms with Crippen LogP contribution in [-0.4, -0.2) is 31.2 Å². The number of aryl methyl sites for hydroxylation is 2. The smallest absolute Gasteiger partial charge is 0.223 e. The molecular weight excluding hydrogens is 314 g/mol. The van der Waals surface area contributed by atoms with Gasteiger partial charge in [-0.25, -0.2) is 0 Å². The van der Waals surface area contributed by atoms with Crippen LogP contribution in [0.4, 0.5) is 5.69 Å². The molecule has 2 atom stereocenters. The van der Waals surface area contributed by atoms with Crippen molar-refractivity contribution in [1.29, 1.82) is 0 Å². The molecule has 2 rings (SSSR count). The van der Waals surface area contributed by atoms with E-state index < -0.39 is 0 Å². The lowest BCUT2D eigenvalue weighted by molar-refractivity contribution is -0.125. The molecular formula is C20H29N3O2. The van der Waals surface area contributed by atoms with Crippen molar-refractivity contribution in [2.75, 3.05) is 19.0 Å². The molecule has 0 fully saturated rings. The molecule has 0 aliphatic carbocycles. The lowest BCUT2D eigenvalue weighted by atomic mass is 9.98. The van der Waals surface area contributed by atoms with Crippen molar-refractivity contribution in [3.8, 4) is 0 Å². The first-order chi connectivity index (χ1) is 11.8. The van der Waals surface area contributed by atoms with Crippen LogP contribution in [0.5, 0.6) is 0 Å². The average molecular weight is 343 g/mol. The van der Waals surface area contributed by atoms with Gasteiger partial charge in [0.1, 0.15) is 5.76 Å². The van der Waals surface area contributed by atoms with Gasteiger partial charge in [-0.3, -0.25) is 4.79 Å². The molecule has 2 aromatic rings. The van der Waals surface area contributed by atoms with E-state index in [2.05, 4.69) is 39.6 Å². The predicted molar refractivity (Wildman–Crippen MR) is 101 cm³/mol. The molecule has 1 N–H and O–H groups in total. The number of hydrogen-bond acceptors (Lipinski definition) is 4. The molecule has 25 heavy (non-hydrogen) atoms. The minimum Gasteiger partial charge on any atom is -0.378 e. The summed E-state index contributed by atoms with van der Waals surface area (Å²) in [5, 5.41) is 7.07. The number of carbonyl (C=O) groups excluding carboxylic acids is 1. The molecule has 0 radical (unpaired) electrons. The number of nitrogens with one attached hydrogen (secondary N) is 1. The Hall–Kier alpha value is -2.30. The van der Waals surface area contributed by atoms with Gasteiger partial charge in [0, 0.05) is 37.3 Å². The predicted octanol–water partition coefficient (Wildman–Crippen LogP) is 3.28. The Labute approximate surface area is 150 Å². The molecule has 1 amide bonds. The molecule has 2 unspecified atom stereocenters. The van der Waals surface area contributed by atoms with Crippen LogP contribution in [-0.2, 0) is 17.6 Å². The van der Waals surface area contributed by atoms with Gasteiger partial charge in [-0.15, -0.1) is 0 Å². The maximum Gasteiger partial charge on any atom is 0.223 e. The number of benzene rings is 1. The van der Waals surface area contributed by atoms with E-state index in [-0.39, 0.29) is 17.9 Å². The van der Waals surface area contributed by atoms with Crippen molar-refractivity contribution >= 4 is 11.6 Å². The van der Waals surface area contributed by atoms with Crippen molar-refractivity contribution in [3.05, 3.63) is 46.8 Å². The SMILES string of the molecule is Cc1noc(C)c1CC(C)C(=O)NC(C)Cc1ccc(N(C)C)cc1. The highest BCUT2D eigenvalue weighted by Crippen LogP contribution is 2.18. The van der Waals surface area contributed by atoms with E-state index >= 15 is 0 Å². The fourth-order valence-corrected chi connectivity index (χ4v) is 2.91. The van der Waals surface area contributed by atoms with Gasteiger partial charge in [-0.2, -0.15) is 0 Å². The van der Waals surface area contributed by atoms with E-state index in [4.69, 9.17) is 4.52 Å². The molecule has 1 aromatic heterocycles. The van der Waals surface area contributed by atoms with E-state index in [9.17, 15) is 4.79 Å². The summed E-state index contributed by atoms with van der Waals surface area (Å²) in [6.45, 7) is 7.79. The van der Waals surface area contributed by atoms with Crippen molar-refractivity contribution in [1.82, 2.24) is 10.5 Å². The molecule has 0 bridgehead atoms. The zero-order valence-electron chi connectivity index (χ0n) is 16.1. The second-order valence-corrected chi connectivity index (χ2v) is 7.08. The fourth-order valence-electron chi connectivity index (χ4n) is 2.91. The molecule has 0 aliphatic heterocycles. The Kier molecular flexibility index (Phi) is 6.23. The van der Waals surface area contributed by atoms with Crippen LogP contribution >= 0.6 is 0 Å². The Bertz CT molecular complexity index is 685. The maximum atomic E-state index is 12.5. The Morgan fingerprint density at radius 2 is 1.80 bits per heavy atom. The average Bonchev–Trinajstić information content (AvgIpc) is 2.87. The molecule has 0 spiro atoms. The zero-order valence-corrected chi connectivity index (χ0v) is 16.1. The first-order valence-electron chi connectivity index (χ1n) is 8.76. The number of amides is 1. The number of aromatic nitrogens is 1. The van der Waals surface area contributed by atoms with Gasteiger partial charge in [0.15, 0.2) is 0 Å². The van der Waals surface area contributed by atoms with Gasteiger partial charge in [-0.1, -0.05) is 24.2 Å². The van der Waals surface area contributed by atoms with Crippen LogP contribution in [0.15, 0.2) is 28.8 Å². The van der Waals surface area contributed by atoms with Gasteiger partial charge in [-0.05, 0) is 51.3 Å². The lowest BCUT2D eigenvalue weighted by Crippen LogP contribution is -2.38. The second kappa shape index (κ2) is 8.19. The number of nitrogens with zero attached hydrogens (tertiary/aromatic N) is 2. The van der Waals surface area contributed by atoms with E-state index in [0.29, 0.717) is 6.42 Å². The Balaban J connectivity index is 1.88. The first-order valence-corrected chi connectivity index (χ1v) is 8.76. The molecule has 136 valence electrons. The summed E-state index contributed by atoms with van der Waals surface area (Å²) in [6, 6.07) is 8.52. The summed E-state index contributed by atoms with van der Waals surface area (Å²) in [4.78, 5) is 14.5. The minimum atomic E-state index is -0.115. The molecule has 0 aliphatic rings. The summed E-state index contributed by atoms with van der Waals surface area (Å²) in [5.74, 6) is 0.749. The van der Waals surface area contributed by atoms with Crippen molar-refractivity contribution in [3.63, 3.8) is 0 Å². The third-order valence-electron chi connectivity index (χ3n) is 4.52. The summed E-state index contributed by atoms with van der Waals surface area (Å²) >= 11 is 0. The maximum absolute atomic E-state index is 12.5. The van der Waals surface area contributed by atoms with Crippen molar-refractivity contribution < 1.29 is 9.32 Å². The third-order valence-corrected chi connectivity index (χ3v) is 4.52. The first kappa shape index (κ1) is 19.0. The van der Waals surface area contributed by atoms with Crippen molar-refractivity contribution in [2.24, 2.45) is 5.92 Å². The quantitative estimate of drug-likeness (QED) is 0.838. The standard InChI is InChI=1S/C20H29N3O2/c1-13(11-19-15(3)22-25-16(19)4)20(24)21-14(2)12-17-7-9-18(10-8-17)23(5)6/h7-10,13-14H,11-12H2,1-6H3,(H,21,24). The van der Waals surface area contributed by atoms with Gasteiger partial charge in [0.2, 0.25) is 5.91 Å². The number of carbonyl (C=O) groups is 1. The van der Waals surface area contributed by atoms with Crippen LogP contribution in [0.2, 0.25) is 0 Å². The summed E-state index contributed by atoms with van der Waals surface area (Å²) < 4.78 is 5.18. The lowest BCUT2D eigenvalue weighted by Gasteiger charge is -2.18. The summed E-state index contributed by atoms with van der Waals surface area (Å²) in [6.07, 6.45) is 1.47. The highest BCUT2D eigenvalue weighted by atomic mass is 16.5. The Morgan fingerprint density at radius 1 is 1.16 bits per heavy atom. The van der Waals surface area contributed by atoms with Crippen LogP contribution in [0.25, 0.3) is 0 Å². The molecule has 0 saturated carbocycles. The monoisotopic (exact) mass is 343 g/mol. The Morgan fingerprint density at radius 3 is 2.32 bits per heavy atom. The van der Waals surface area contributed by atoms with Gasteiger partial charge in [0.05, 0.1) is 5.69 Å². The van der Waals surface area contributed by atoms with Crippen molar-refractivity contribution in [2.45, 2.75) is 46.6 Å². The third kappa shape index (κ3) is 5.08. The molecule has 1 aromatic carbocycles. The van der Waals surface area contributed by atoms with E-state index in [0.717, 1.165) is 23.4 Å². The highest BCUT2D eigenvalue weighted by molar-refractivity contribution is 5.79. The molecule has 1 heterocycles. The largest absolute Gasteiger partial charge is 0.378 e. The summed E-state index contributed by atoms with van der Waals surface area (Å²) in [7, 11) is 4.05. The molecule has 0 saturated heterocycles. The number of hydrogen-bond donors (Lipinski definition) is 1. The summed E-state index contributed by atoms with van der Waals surface area (Å²) in [5.41, 5.74) is 4.30. The van der Waals surface area contributed by atoms with Crippen LogP contribution in [0, 0.1) is 19.8 Å². The van der Waals surface area contributed by atoms with Crippen LogP contribution in [0.3, 0.4) is 0 Å². The van der Waals surface area contributed by atoms with Crippen LogP contribution in [0.1, 0.15) is 36.4 Å². The number of rotatable bonds is 7. The van der Waals surface area contributed by atoms with Gasteiger partial charge in [0.25, 0.3) is 0 Å². The fraction of sp³-hybridized carbons (Fsp3) is 0.500. The van der Waals surface area contributed by atoms with E-state index in [1.54, 1.807) is 0 Å².